The number of rotatable bonds is 5. The van der Waals surface area contributed by atoms with Gasteiger partial charge in [-0.05, 0) is 12.3 Å². The summed E-state index contributed by atoms with van der Waals surface area (Å²) in [6.45, 7) is 4.33. The Morgan fingerprint density at radius 2 is 2.00 bits per heavy atom. The van der Waals surface area contributed by atoms with Crippen LogP contribution in [-0.4, -0.2) is 14.5 Å². The summed E-state index contributed by atoms with van der Waals surface area (Å²) in [5.74, 6) is 1.15. The van der Waals surface area contributed by atoms with Crippen molar-refractivity contribution in [3.05, 3.63) is 0 Å². The largest absolute Gasteiger partial charge is 0.306 e. The van der Waals surface area contributed by atoms with Gasteiger partial charge in [0.15, 0.2) is 11.1 Å². The standard InChI is InChI=1S/C7H16O2S/c1-7(2)5-3-4-6-10(8)9/h7H,3-6H2,1-2H3,(H,8,9). The van der Waals surface area contributed by atoms with Crippen molar-refractivity contribution in [1.29, 1.82) is 0 Å². The zero-order valence-corrected chi connectivity index (χ0v) is 7.49. The smallest absolute Gasteiger partial charge is 0.152 e. The minimum atomic E-state index is -1.58. The fourth-order valence-corrected chi connectivity index (χ4v) is 1.23. The first-order chi connectivity index (χ1) is 4.63. The van der Waals surface area contributed by atoms with E-state index in [1.54, 1.807) is 0 Å². The topological polar surface area (TPSA) is 37.3 Å². The normalized spacial score (nSPS) is 14.0. The van der Waals surface area contributed by atoms with E-state index in [1.807, 2.05) is 0 Å². The monoisotopic (exact) mass is 164 g/mol. The van der Waals surface area contributed by atoms with Gasteiger partial charge in [-0.2, -0.15) is 0 Å². The fraction of sp³-hybridized carbons (Fsp3) is 1.00. The summed E-state index contributed by atoms with van der Waals surface area (Å²) in [6.07, 6.45) is 3.11. The third kappa shape index (κ3) is 8.11. The fourth-order valence-electron chi connectivity index (χ4n) is 0.778. The second-order valence-electron chi connectivity index (χ2n) is 2.92. The molecule has 3 heteroatoms. The zero-order valence-electron chi connectivity index (χ0n) is 6.67. The van der Waals surface area contributed by atoms with Gasteiger partial charge in [0.1, 0.15) is 0 Å². The summed E-state index contributed by atoms with van der Waals surface area (Å²) >= 11 is -1.58. The van der Waals surface area contributed by atoms with E-state index in [0.29, 0.717) is 11.7 Å². The average Bonchev–Trinajstić information content (AvgIpc) is 1.79. The number of hydrogen-bond donors (Lipinski definition) is 1. The lowest BCUT2D eigenvalue weighted by molar-refractivity contribution is 0.534. The molecule has 0 aromatic carbocycles. The van der Waals surface area contributed by atoms with Crippen LogP contribution in [0.5, 0.6) is 0 Å². The molecule has 1 N–H and O–H groups in total. The molecule has 62 valence electrons. The molecule has 0 aliphatic heterocycles. The lowest BCUT2D eigenvalue weighted by Crippen LogP contribution is -1.95. The Labute approximate surface area is 65.3 Å². The summed E-state index contributed by atoms with van der Waals surface area (Å²) in [4.78, 5) is 0. The van der Waals surface area contributed by atoms with E-state index in [0.717, 1.165) is 19.3 Å². The van der Waals surface area contributed by atoms with Gasteiger partial charge in [-0.15, -0.1) is 0 Å². The molecule has 0 saturated carbocycles. The molecular formula is C7H16O2S. The molecule has 0 saturated heterocycles. The molecule has 0 aromatic heterocycles. The first kappa shape index (κ1) is 10.1. The molecule has 0 radical (unpaired) electrons. The highest BCUT2D eigenvalue weighted by molar-refractivity contribution is 7.79. The van der Waals surface area contributed by atoms with Gasteiger partial charge >= 0.3 is 0 Å². The minimum Gasteiger partial charge on any atom is -0.306 e. The molecule has 0 aliphatic rings. The van der Waals surface area contributed by atoms with Crippen LogP contribution < -0.4 is 0 Å². The summed E-state index contributed by atoms with van der Waals surface area (Å²) in [5.41, 5.74) is 0. The van der Waals surface area contributed by atoms with Crippen LogP contribution >= 0.6 is 0 Å². The van der Waals surface area contributed by atoms with Crippen molar-refractivity contribution < 1.29 is 8.76 Å². The Hall–Kier alpha value is 0.110. The van der Waals surface area contributed by atoms with Crippen LogP contribution in [0, 0.1) is 5.92 Å². The summed E-state index contributed by atoms with van der Waals surface area (Å²) in [7, 11) is 0. The van der Waals surface area contributed by atoms with Gasteiger partial charge in [-0.25, -0.2) is 4.21 Å². The SMILES string of the molecule is CC(C)CCCCS(=O)O. The molecule has 0 heterocycles. The van der Waals surface area contributed by atoms with E-state index in [9.17, 15) is 4.21 Å². The van der Waals surface area contributed by atoms with Crippen molar-refractivity contribution in [2.75, 3.05) is 5.75 Å². The maximum absolute atomic E-state index is 10.2. The second-order valence-corrected chi connectivity index (χ2v) is 3.97. The van der Waals surface area contributed by atoms with Crippen LogP contribution in [-0.2, 0) is 11.1 Å². The molecule has 0 rings (SSSR count). The molecule has 0 fully saturated rings. The molecule has 0 aliphatic carbocycles. The van der Waals surface area contributed by atoms with Crippen LogP contribution in [0.3, 0.4) is 0 Å². The Morgan fingerprint density at radius 3 is 2.40 bits per heavy atom. The third-order valence-electron chi connectivity index (χ3n) is 1.35. The molecular weight excluding hydrogens is 148 g/mol. The lowest BCUT2D eigenvalue weighted by atomic mass is 10.1. The lowest BCUT2D eigenvalue weighted by Gasteiger charge is -2.01. The maximum atomic E-state index is 10.2. The highest BCUT2D eigenvalue weighted by atomic mass is 32.2. The van der Waals surface area contributed by atoms with E-state index >= 15 is 0 Å². The molecule has 1 unspecified atom stereocenters. The molecule has 1 atom stereocenters. The van der Waals surface area contributed by atoms with Crippen molar-refractivity contribution in [1.82, 2.24) is 0 Å². The molecule has 0 spiro atoms. The van der Waals surface area contributed by atoms with Crippen molar-refractivity contribution in [3.63, 3.8) is 0 Å². The Bertz CT molecular complexity index is 102. The Balaban J connectivity index is 2.98. The van der Waals surface area contributed by atoms with Gasteiger partial charge in [0.05, 0.1) is 0 Å². The van der Waals surface area contributed by atoms with E-state index in [4.69, 9.17) is 4.55 Å². The maximum Gasteiger partial charge on any atom is 0.152 e. The van der Waals surface area contributed by atoms with E-state index in [1.165, 1.54) is 0 Å². The van der Waals surface area contributed by atoms with Crippen molar-refractivity contribution in [2.45, 2.75) is 33.1 Å². The van der Waals surface area contributed by atoms with Crippen molar-refractivity contribution in [3.8, 4) is 0 Å². The predicted octanol–water partition coefficient (Wildman–Crippen LogP) is 2.03. The quantitative estimate of drug-likeness (QED) is 0.498. The molecule has 0 amide bonds. The van der Waals surface area contributed by atoms with E-state index < -0.39 is 11.1 Å². The summed E-state index contributed by atoms with van der Waals surface area (Å²) in [5, 5.41) is 0. The van der Waals surface area contributed by atoms with Gasteiger partial charge < -0.3 is 4.55 Å². The van der Waals surface area contributed by atoms with Crippen molar-refractivity contribution in [2.24, 2.45) is 5.92 Å². The van der Waals surface area contributed by atoms with Crippen LogP contribution in [0.25, 0.3) is 0 Å². The summed E-state index contributed by atoms with van der Waals surface area (Å²) < 4.78 is 18.5. The van der Waals surface area contributed by atoms with Gasteiger partial charge in [0.25, 0.3) is 0 Å². The van der Waals surface area contributed by atoms with Crippen molar-refractivity contribution >= 4 is 11.1 Å². The second kappa shape index (κ2) is 5.86. The van der Waals surface area contributed by atoms with Gasteiger partial charge in [-0.1, -0.05) is 26.7 Å². The van der Waals surface area contributed by atoms with E-state index in [-0.39, 0.29) is 0 Å². The van der Waals surface area contributed by atoms with Gasteiger partial charge in [0.2, 0.25) is 0 Å². The van der Waals surface area contributed by atoms with Crippen LogP contribution in [0.1, 0.15) is 33.1 Å². The van der Waals surface area contributed by atoms with Gasteiger partial charge in [-0.3, -0.25) is 0 Å². The first-order valence-electron chi connectivity index (χ1n) is 3.70. The van der Waals surface area contributed by atoms with E-state index in [2.05, 4.69) is 13.8 Å². The van der Waals surface area contributed by atoms with Crippen LogP contribution in [0.15, 0.2) is 0 Å². The zero-order chi connectivity index (χ0) is 7.98. The van der Waals surface area contributed by atoms with Crippen LogP contribution in [0.2, 0.25) is 0 Å². The highest BCUT2D eigenvalue weighted by Crippen LogP contribution is 2.05. The third-order valence-corrected chi connectivity index (χ3v) is 1.99. The molecule has 0 aromatic rings. The Kier molecular flexibility index (Phi) is 5.93. The van der Waals surface area contributed by atoms with Crippen LogP contribution in [0.4, 0.5) is 0 Å². The first-order valence-corrected chi connectivity index (χ1v) is 4.98. The van der Waals surface area contributed by atoms with Gasteiger partial charge in [0, 0.05) is 5.75 Å². The Morgan fingerprint density at radius 1 is 1.40 bits per heavy atom. The summed E-state index contributed by atoms with van der Waals surface area (Å²) in [6, 6.07) is 0. The average molecular weight is 164 g/mol. The molecule has 10 heavy (non-hydrogen) atoms. The molecule has 2 nitrogen and oxygen atoms in total. The predicted molar refractivity (Wildman–Crippen MR) is 44.3 cm³/mol. The number of hydrogen-bond acceptors (Lipinski definition) is 1. The highest BCUT2D eigenvalue weighted by Gasteiger charge is 1.95. The minimum absolute atomic E-state index is 0.437. The molecule has 0 bridgehead atoms. The number of unbranched alkanes of at least 4 members (excludes halogenated alkanes) is 1.